The normalized spacial score (nSPS) is 11.8. The van der Waals surface area contributed by atoms with Gasteiger partial charge in [0.05, 0.1) is 7.11 Å². The lowest BCUT2D eigenvalue weighted by molar-refractivity contribution is -0.140. The maximum Gasteiger partial charge on any atom is 0.326 e. The molecule has 1 aromatic rings. The number of rotatable bonds is 9. The van der Waals surface area contributed by atoms with Crippen LogP contribution in [0.4, 0.5) is 0 Å². The molecule has 1 rings (SSSR count). The van der Waals surface area contributed by atoms with Crippen LogP contribution in [0.5, 0.6) is 11.5 Å². The molecule has 0 fully saturated rings. The second-order valence-corrected chi connectivity index (χ2v) is 6.41. The van der Waals surface area contributed by atoms with E-state index in [-0.39, 0.29) is 35.8 Å². The largest absolute Gasteiger partial charge is 0.493 e. The van der Waals surface area contributed by atoms with Crippen molar-refractivity contribution in [3.63, 3.8) is 0 Å². The van der Waals surface area contributed by atoms with Crippen LogP contribution in [0.15, 0.2) is 18.2 Å². The Hall–Kier alpha value is -2.77. The molecule has 0 saturated heterocycles. The molecule has 1 unspecified atom stereocenters. The summed E-state index contributed by atoms with van der Waals surface area (Å²) < 4.78 is 10.6. The molecule has 3 N–H and O–H groups in total. The van der Waals surface area contributed by atoms with Crippen molar-refractivity contribution in [1.29, 1.82) is 0 Å². The van der Waals surface area contributed by atoms with Crippen LogP contribution in [0.25, 0.3) is 0 Å². The number of carbonyl (C=O) groups excluding carboxylic acids is 2. The molecule has 8 heteroatoms. The highest BCUT2D eigenvalue weighted by molar-refractivity contribution is 5.97. The molecule has 0 aliphatic heterocycles. The summed E-state index contributed by atoms with van der Waals surface area (Å²) in [5.74, 6) is -1.59. The predicted molar refractivity (Wildman–Crippen MR) is 95.5 cm³/mol. The van der Waals surface area contributed by atoms with E-state index in [0.29, 0.717) is 5.75 Å². The molecule has 1 aromatic carbocycles. The minimum Gasteiger partial charge on any atom is -0.493 e. The van der Waals surface area contributed by atoms with Gasteiger partial charge in [-0.25, -0.2) is 4.79 Å². The van der Waals surface area contributed by atoms with Crippen molar-refractivity contribution in [2.24, 2.45) is 5.92 Å². The Labute approximate surface area is 152 Å². The SMILES string of the molecule is COc1cc(C(=O)NC(C(=O)O)C(C)C)ccc1OCC(=O)NC(C)C. The van der Waals surface area contributed by atoms with E-state index in [1.165, 1.54) is 25.3 Å². The van der Waals surface area contributed by atoms with Gasteiger partial charge in [0.15, 0.2) is 18.1 Å². The molecule has 144 valence electrons. The molecule has 0 radical (unpaired) electrons. The van der Waals surface area contributed by atoms with E-state index in [0.717, 1.165) is 0 Å². The zero-order valence-corrected chi connectivity index (χ0v) is 15.7. The van der Waals surface area contributed by atoms with E-state index in [9.17, 15) is 19.5 Å². The molecular weight excluding hydrogens is 340 g/mol. The summed E-state index contributed by atoms with van der Waals surface area (Å²) in [4.78, 5) is 35.2. The Kier molecular flexibility index (Phi) is 7.89. The first-order valence-corrected chi connectivity index (χ1v) is 8.29. The lowest BCUT2D eigenvalue weighted by Crippen LogP contribution is -2.44. The van der Waals surface area contributed by atoms with Gasteiger partial charge in [-0.15, -0.1) is 0 Å². The smallest absolute Gasteiger partial charge is 0.326 e. The van der Waals surface area contributed by atoms with Crippen LogP contribution in [-0.4, -0.2) is 48.7 Å². The van der Waals surface area contributed by atoms with Gasteiger partial charge < -0.3 is 25.2 Å². The standard InChI is InChI=1S/C18H26N2O6/c1-10(2)16(18(23)24)20-17(22)12-6-7-13(14(8-12)25-5)26-9-15(21)19-11(3)4/h6-8,10-11,16H,9H2,1-5H3,(H,19,21)(H,20,22)(H,23,24). The van der Waals surface area contributed by atoms with Crippen LogP contribution in [0, 0.1) is 5.92 Å². The number of carbonyl (C=O) groups is 3. The van der Waals surface area contributed by atoms with E-state index < -0.39 is 17.9 Å². The molecule has 0 saturated carbocycles. The Morgan fingerprint density at radius 1 is 1.08 bits per heavy atom. The van der Waals surface area contributed by atoms with Gasteiger partial charge in [0.25, 0.3) is 11.8 Å². The zero-order chi connectivity index (χ0) is 19.9. The number of benzene rings is 1. The minimum absolute atomic E-state index is 0.00204. The molecule has 26 heavy (non-hydrogen) atoms. The summed E-state index contributed by atoms with van der Waals surface area (Å²) in [6, 6.07) is 3.42. The number of hydrogen-bond acceptors (Lipinski definition) is 5. The molecule has 0 spiro atoms. The first-order valence-electron chi connectivity index (χ1n) is 8.29. The molecule has 2 amide bonds. The third kappa shape index (κ3) is 6.27. The third-order valence-corrected chi connectivity index (χ3v) is 3.45. The van der Waals surface area contributed by atoms with Gasteiger partial charge in [-0.3, -0.25) is 9.59 Å². The third-order valence-electron chi connectivity index (χ3n) is 3.45. The Bertz CT molecular complexity index is 657. The number of ether oxygens (including phenoxy) is 2. The first kappa shape index (κ1) is 21.3. The number of hydrogen-bond donors (Lipinski definition) is 3. The monoisotopic (exact) mass is 366 g/mol. The summed E-state index contributed by atoms with van der Waals surface area (Å²) in [7, 11) is 1.41. The Balaban J connectivity index is 2.85. The van der Waals surface area contributed by atoms with Crippen LogP contribution in [0.2, 0.25) is 0 Å². The van der Waals surface area contributed by atoms with Gasteiger partial charge in [0.1, 0.15) is 6.04 Å². The Morgan fingerprint density at radius 3 is 2.23 bits per heavy atom. The lowest BCUT2D eigenvalue weighted by Gasteiger charge is -2.18. The van der Waals surface area contributed by atoms with Crippen molar-refractivity contribution < 1.29 is 29.0 Å². The van der Waals surface area contributed by atoms with Gasteiger partial charge in [-0.2, -0.15) is 0 Å². The maximum absolute atomic E-state index is 12.3. The highest BCUT2D eigenvalue weighted by atomic mass is 16.5. The fourth-order valence-electron chi connectivity index (χ4n) is 2.17. The van der Waals surface area contributed by atoms with E-state index in [1.54, 1.807) is 13.8 Å². The van der Waals surface area contributed by atoms with Gasteiger partial charge in [0, 0.05) is 11.6 Å². The Morgan fingerprint density at radius 2 is 1.73 bits per heavy atom. The second kappa shape index (κ2) is 9.65. The predicted octanol–water partition coefficient (Wildman–Crippen LogP) is 1.44. The maximum atomic E-state index is 12.3. The van der Waals surface area contributed by atoms with Crippen LogP contribution < -0.4 is 20.1 Å². The van der Waals surface area contributed by atoms with Gasteiger partial charge in [-0.05, 0) is 38.0 Å². The summed E-state index contributed by atoms with van der Waals surface area (Å²) in [6.07, 6.45) is 0. The van der Waals surface area contributed by atoms with E-state index >= 15 is 0 Å². The molecule has 8 nitrogen and oxygen atoms in total. The van der Waals surface area contributed by atoms with Crippen molar-refractivity contribution in [1.82, 2.24) is 10.6 Å². The summed E-state index contributed by atoms with van der Waals surface area (Å²) in [5.41, 5.74) is 0.229. The van der Waals surface area contributed by atoms with Gasteiger partial charge in [0.2, 0.25) is 0 Å². The molecule has 0 bridgehead atoms. The van der Waals surface area contributed by atoms with Crippen molar-refractivity contribution in [2.45, 2.75) is 39.8 Å². The number of nitrogens with one attached hydrogen (secondary N) is 2. The fraction of sp³-hybridized carbons (Fsp3) is 0.500. The van der Waals surface area contributed by atoms with Crippen LogP contribution in [-0.2, 0) is 9.59 Å². The minimum atomic E-state index is -1.10. The molecule has 0 aliphatic rings. The van der Waals surface area contributed by atoms with E-state index in [2.05, 4.69) is 10.6 Å². The molecule has 0 aliphatic carbocycles. The summed E-state index contributed by atoms with van der Waals surface area (Å²) in [5, 5.41) is 14.3. The molecular formula is C18H26N2O6. The average Bonchev–Trinajstić information content (AvgIpc) is 2.56. The van der Waals surface area contributed by atoms with Crippen LogP contribution in [0.3, 0.4) is 0 Å². The zero-order valence-electron chi connectivity index (χ0n) is 15.7. The topological polar surface area (TPSA) is 114 Å². The summed E-state index contributed by atoms with van der Waals surface area (Å²) >= 11 is 0. The molecule has 0 aromatic heterocycles. The molecule has 0 heterocycles. The van der Waals surface area contributed by atoms with Crippen molar-refractivity contribution in [3.05, 3.63) is 23.8 Å². The highest BCUT2D eigenvalue weighted by Gasteiger charge is 2.24. The fourth-order valence-corrected chi connectivity index (χ4v) is 2.17. The van der Waals surface area contributed by atoms with E-state index in [1.807, 2.05) is 13.8 Å². The van der Waals surface area contributed by atoms with Crippen molar-refractivity contribution >= 4 is 17.8 Å². The van der Waals surface area contributed by atoms with Gasteiger partial charge >= 0.3 is 5.97 Å². The average molecular weight is 366 g/mol. The van der Waals surface area contributed by atoms with Crippen LogP contribution >= 0.6 is 0 Å². The second-order valence-electron chi connectivity index (χ2n) is 6.41. The number of amides is 2. The number of carboxylic acids is 1. The number of carboxylic acid groups (broad SMARTS) is 1. The number of aliphatic carboxylic acids is 1. The van der Waals surface area contributed by atoms with Crippen molar-refractivity contribution in [2.75, 3.05) is 13.7 Å². The van der Waals surface area contributed by atoms with Crippen molar-refractivity contribution in [3.8, 4) is 11.5 Å². The van der Waals surface area contributed by atoms with Crippen LogP contribution in [0.1, 0.15) is 38.1 Å². The molecule has 1 atom stereocenters. The van der Waals surface area contributed by atoms with E-state index in [4.69, 9.17) is 9.47 Å². The quantitative estimate of drug-likeness (QED) is 0.609. The summed E-state index contributed by atoms with van der Waals surface area (Å²) in [6.45, 7) is 6.91. The lowest BCUT2D eigenvalue weighted by atomic mass is 10.0. The highest BCUT2D eigenvalue weighted by Crippen LogP contribution is 2.28. The van der Waals surface area contributed by atoms with Gasteiger partial charge in [-0.1, -0.05) is 13.8 Å². The first-order chi connectivity index (χ1) is 12.1. The number of methoxy groups -OCH3 is 1.